The Morgan fingerprint density at radius 3 is 2.68 bits per heavy atom. The number of amides is 2. The predicted octanol–water partition coefficient (Wildman–Crippen LogP) is 4.10. The van der Waals surface area contributed by atoms with Crippen molar-refractivity contribution in [3.05, 3.63) is 82.0 Å². The molecule has 0 radical (unpaired) electrons. The third-order valence-corrected chi connectivity index (χ3v) is 8.00. The number of aryl methyl sites for hydroxylation is 3. The summed E-state index contributed by atoms with van der Waals surface area (Å²) >= 11 is 1.56. The Bertz CT molecular complexity index is 1510. The molecule has 4 aromatic rings. The van der Waals surface area contributed by atoms with Crippen LogP contribution in [0.4, 0.5) is 11.6 Å². The number of carbonyl (C=O) groups excluding carboxylic acids is 2. The van der Waals surface area contributed by atoms with Crippen molar-refractivity contribution in [3.8, 4) is 10.4 Å². The predicted molar refractivity (Wildman–Crippen MR) is 147 cm³/mol. The fraction of sp³-hybridized carbons (Fsp3) is 0.286. The molecule has 2 atom stereocenters. The highest BCUT2D eigenvalue weighted by atomic mass is 32.1. The van der Waals surface area contributed by atoms with Gasteiger partial charge in [-0.15, -0.1) is 11.3 Å². The third kappa shape index (κ3) is 4.92. The van der Waals surface area contributed by atoms with Gasteiger partial charge >= 0.3 is 0 Å². The fourth-order valence-corrected chi connectivity index (χ4v) is 5.83. The van der Waals surface area contributed by atoms with Crippen molar-refractivity contribution in [1.29, 1.82) is 0 Å². The summed E-state index contributed by atoms with van der Waals surface area (Å²) in [6, 6.07) is 12.2. The molecular formula is C28H30N6O3S. The molecule has 0 spiro atoms. The van der Waals surface area contributed by atoms with Gasteiger partial charge in [0.15, 0.2) is 0 Å². The zero-order valence-corrected chi connectivity index (χ0v) is 22.5. The van der Waals surface area contributed by atoms with Crippen LogP contribution in [-0.2, 0) is 18.4 Å². The van der Waals surface area contributed by atoms with E-state index in [0.717, 1.165) is 37.8 Å². The van der Waals surface area contributed by atoms with E-state index in [0.29, 0.717) is 17.9 Å². The minimum absolute atomic E-state index is 0.166. The zero-order chi connectivity index (χ0) is 27.0. The smallest absolute Gasteiger partial charge is 0.256 e. The quantitative estimate of drug-likeness (QED) is 0.316. The first-order valence-corrected chi connectivity index (χ1v) is 13.2. The summed E-state index contributed by atoms with van der Waals surface area (Å²) in [5.74, 6) is 1.05. The van der Waals surface area contributed by atoms with Gasteiger partial charge in [0.25, 0.3) is 5.91 Å². The summed E-state index contributed by atoms with van der Waals surface area (Å²) in [4.78, 5) is 34.4. The highest BCUT2D eigenvalue weighted by Gasteiger charge is 2.36. The maximum atomic E-state index is 13.3. The van der Waals surface area contributed by atoms with Crippen LogP contribution in [0.2, 0.25) is 0 Å². The number of hydrogen-bond donors (Lipinski definition) is 3. The Hall–Kier alpha value is -4.02. The van der Waals surface area contributed by atoms with E-state index in [4.69, 9.17) is 0 Å². The average Bonchev–Trinajstić information content (AvgIpc) is 3.59. The highest BCUT2D eigenvalue weighted by molar-refractivity contribution is 7.16. The number of thiophene rings is 1. The number of aliphatic hydroxyl groups is 1. The standard InChI is InChI=1S/C28H30N6O3S/c1-16-6-5-7-19(10-16)22(15-35)31-27(36)18(3)34-14-24-21(28(34)37)11-23(38-24)20-12-25(29-13-17(20)2)32-26-8-9-30-33(26)4/h5-13,18,22,35H,14-15H2,1-4H3,(H,29,32)(H,31,36)/t18-,22?/m1/s1. The number of carbonyl (C=O) groups is 2. The van der Waals surface area contributed by atoms with Gasteiger partial charge in [-0.05, 0) is 49.6 Å². The Balaban J connectivity index is 1.30. The van der Waals surface area contributed by atoms with E-state index < -0.39 is 12.1 Å². The van der Waals surface area contributed by atoms with Crippen LogP contribution in [-0.4, -0.2) is 49.2 Å². The van der Waals surface area contributed by atoms with E-state index in [2.05, 4.69) is 20.7 Å². The summed E-state index contributed by atoms with van der Waals surface area (Å²) in [6.07, 6.45) is 3.53. The third-order valence-electron chi connectivity index (χ3n) is 6.85. The number of nitrogens with zero attached hydrogens (tertiary/aromatic N) is 4. The molecule has 0 aliphatic carbocycles. The van der Waals surface area contributed by atoms with Gasteiger partial charge in [-0.25, -0.2) is 4.98 Å². The number of aromatic nitrogens is 3. The fourth-order valence-electron chi connectivity index (χ4n) is 4.59. The van der Waals surface area contributed by atoms with E-state index in [9.17, 15) is 14.7 Å². The van der Waals surface area contributed by atoms with Crippen molar-refractivity contribution in [2.24, 2.45) is 7.05 Å². The summed E-state index contributed by atoms with van der Waals surface area (Å²) in [7, 11) is 1.85. The molecule has 4 heterocycles. The van der Waals surface area contributed by atoms with E-state index in [1.165, 1.54) is 0 Å². The van der Waals surface area contributed by atoms with Gasteiger partial charge in [0.05, 0.1) is 31.0 Å². The molecule has 0 fully saturated rings. The lowest BCUT2D eigenvalue weighted by atomic mass is 10.0. The molecule has 38 heavy (non-hydrogen) atoms. The molecule has 3 aromatic heterocycles. The normalized spacial score (nSPS) is 14.3. The number of fused-ring (bicyclic) bond motifs is 1. The van der Waals surface area contributed by atoms with Crippen LogP contribution in [0.3, 0.4) is 0 Å². The number of hydrogen-bond acceptors (Lipinski definition) is 7. The first-order valence-electron chi connectivity index (χ1n) is 12.4. The van der Waals surface area contributed by atoms with Crippen LogP contribution in [0.25, 0.3) is 10.4 Å². The van der Waals surface area contributed by atoms with E-state index in [1.807, 2.05) is 69.6 Å². The van der Waals surface area contributed by atoms with Crippen molar-refractivity contribution < 1.29 is 14.7 Å². The lowest BCUT2D eigenvalue weighted by Gasteiger charge is -2.26. The molecule has 0 saturated heterocycles. The van der Waals surface area contributed by atoms with Crippen LogP contribution in [0.5, 0.6) is 0 Å². The molecule has 0 bridgehead atoms. The van der Waals surface area contributed by atoms with Gasteiger partial charge in [-0.3, -0.25) is 14.3 Å². The molecule has 1 unspecified atom stereocenters. The van der Waals surface area contributed by atoms with Crippen LogP contribution in [0.15, 0.2) is 54.9 Å². The van der Waals surface area contributed by atoms with Gasteiger partial charge in [0.2, 0.25) is 5.91 Å². The molecule has 10 heteroatoms. The summed E-state index contributed by atoms with van der Waals surface area (Å²) in [5, 5.41) is 20.2. The van der Waals surface area contributed by atoms with Gasteiger partial charge in [0, 0.05) is 29.1 Å². The first-order chi connectivity index (χ1) is 18.2. The van der Waals surface area contributed by atoms with Gasteiger partial charge in [0.1, 0.15) is 17.7 Å². The molecule has 1 aromatic carbocycles. The highest BCUT2D eigenvalue weighted by Crippen LogP contribution is 2.39. The Kier molecular flexibility index (Phi) is 7.00. The van der Waals surface area contributed by atoms with Gasteiger partial charge in [-0.1, -0.05) is 29.8 Å². The zero-order valence-electron chi connectivity index (χ0n) is 21.7. The van der Waals surface area contributed by atoms with Gasteiger partial charge < -0.3 is 20.6 Å². The number of anilines is 2. The van der Waals surface area contributed by atoms with Crippen molar-refractivity contribution in [3.63, 3.8) is 0 Å². The number of aliphatic hydroxyl groups excluding tert-OH is 1. The van der Waals surface area contributed by atoms with E-state index in [1.54, 1.807) is 34.0 Å². The second kappa shape index (κ2) is 10.4. The maximum absolute atomic E-state index is 13.3. The Morgan fingerprint density at radius 2 is 2.00 bits per heavy atom. The number of pyridine rings is 1. The number of nitrogens with one attached hydrogen (secondary N) is 2. The van der Waals surface area contributed by atoms with Crippen LogP contribution >= 0.6 is 11.3 Å². The molecule has 196 valence electrons. The summed E-state index contributed by atoms with van der Waals surface area (Å²) in [6.45, 7) is 5.82. The largest absolute Gasteiger partial charge is 0.394 e. The minimum Gasteiger partial charge on any atom is -0.394 e. The van der Waals surface area contributed by atoms with Gasteiger partial charge in [-0.2, -0.15) is 5.10 Å². The van der Waals surface area contributed by atoms with Crippen molar-refractivity contribution in [1.82, 2.24) is 25.0 Å². The Labute approximate surface area is 225 Å². The maximum Gasteiger partial charge on any atom is 0.256 e. The molecule has 9 nitrogen and oxygen atoms in total. The molecule has 1 aliphatic heterocycles. The molecule has 0 saturated carbocycles. The van der Waals surface area contributed by atoms with Crippen LogP contribution < -0.4 is 10.6 Å². The SMILES string of the molecule is Cc1cccc(C(CO)NC(=O)[C@@H](C)N2Cc3sc(-c4cc(Nc5ccnn5C)ncc4C)cc3C2=O)c1. The number of benzene rings is 1. The molecule has 2 amide bonds. The van der Waals surface area contributed by atoms with Crippen LogP contribution in [0.1, 0.15) is 44.9 Å². The first kappa shape index (κ1) is 25.6. The lowest BCUT2D eigenvalue weighted by Crippen LogP contribution is -2.46. The molecular weight excluding hydrogens is 500 g/mol. The average molecular weight is 531 g/mol. The lowest BCUT2D eigenvalue weighted by molar-refractivity contribution is -0.126. The summed E-state index contributed by atoms with van der Waals surface area (Å²) < 4.78 is 1.73. The second-order valence-electron chi connectivity index (χ2n) is 9.56. The Morgan fingerprint density at radius 1 is 1.18 bits per heavy atom. The van der Waals surface area contributed by atoms with Crippen molar-refractivity contribution >= 4 is 34.8 Å². The molecule has 1 aliphatic rings. The monoisotopic (exact) mass is 530 g/mol. The molecule has 3 N–H and O–H groups in total. The van der Waals surface area contributed by atoms with Crippen molar-refractivity contribution in [2.75, 3.05) is 11.9 Å². The molecule has 5 rings (SSSR count). The number of rotatable bonds is 8. The van der Waals surface area contributed by atoms with E-state index in [-0.39, 0.29) is 18.4 Å². The topological polar surface area (TPSA) is 112 Å². The summed E-state index contributed by atoms with van der Waals surface area (Å²) in [5.41, 5.74) is 4.50. The van der Waals surface area contributed by atoms with E-state index >= 15 is 0 Å². The van der Waals surface area contributed by atoms with Crippen LogP contribution in [0, 0.1) is 13.8 Å². The second-order valence-corrected chi connectivity index (χ2v) is 10.7. The minimum atomic E-state index is -0.679. The van der Waals surface area contributed by atoms with Crippen molar-refractivity contribution in [2.45, 2.75) is 39.4 Å².